The lowest BCUT2D eigenvalue weighted by molar-refractivity contribution is -0.143. The standard InChI is InChI=1S/C15H19N3O2/c1-15(2,16)12-9-17-10-18(12)13(14(19)20-3)11-7-5-4-6-8-11/h4-10,13H,16H2,1-3H3. The number of carbonyl (C=O) groups excluding carboxylic acids is 1. The molecule has 0 radical (unpaired) electrons. The lowest BCUT2D eigenvalue weighted by atomic mass is 10.0. The van der Waals surface area contributed by atoms with Crippen molar-refractivity contribution in [1.29, 1.82) is 0 Å². The van der Waals surface area contributed by atoms with Crippen molar-refractivity contribution in [2.75, 3.05) is 7.11 Å². The number of carbonyl (C=O) groups is 1. The highest BCUT2D eigenvalue weighted by Crippen LogP contribution is 2.26. The third-order valence-electron chi connectivity index (χ3n) is 3.14. The summed E-state index contributed by atoms with van der Waals surface area (Å²) in [5.74, 6) is -0.347. The molecule has 5 heteroatoms. The van der Waals surface area contributed by atoms with Gasteiger partial charge in [0.2, 0.25) is 0 Å². The summed E-state index contributed by atoms with van der Waals surface area (Å²) < 4.78 is 6.69. The number of esters is 1. The highest BCUT2D eigenvalue weighted by atomic mass is 16.5. The van der Waals surface area contributed by atoms with Crippen LogP contribution in [0.4, 0.5) is 0 Å². The molecule has 1 unspecified atom stereocenters. The molecule has 0 saturated carbocycles. The Balaban J connectivity index is 2.54. The molecule has 2 rings (SSSR count). The Kier molecular flexibility index (Phi) is 3.90. The molecule has 0 fully saturated rings. The van der Waals surface area contributed by atoms with Crippen LogP contribution in [-0.2, 0) is 15.1 Å². The Hall–Kier alpha value is -2.14. The fourth-order valence-electron chi connectivity index (χ4n) is 2.17. The summed E-state index contributed by atoms with van der Waals surface area (Å²) in [6, 6.07) is 8.86. The molecule has 1 aromatic heterocycles. The molecule has 5 nitrogen and oxygen atoms in total. The van der Waals surface area contributed by atoms with Crippen molar-refractivity contribution in [2.45, 2.75) is 25.4 Å². The third-order valence-corrected chi connectivity index (χ3v) is 3.14. The van der Waals surface area contributed by atoms with E-state index in [9.17, 15) is 4.79 Å². The Bertz CT molecular complexity index is 585. The summed E-state index contributed by atoms with van der Waals surface area (Å²) >= 11 is 0. The minimum absolute atomic E-state index is 0.347. The number of benzene rings is 1. The summed E-state index contributed by atoms with van der Waals surface area (Å²) in [7, 11) is 1.38. The van der Waals surface area contributed by atoms with E-state index in [4.69, 9.17) is 10.5 Å². The molecular formula is C15H19N3O2. The first-order valence-electron chi connectivity index (χ1n) is 6.39. The summed E-state index contributed by atoms with van der Waals surface area (Å²) in [5, 5.41) is 0. The van der Waals surface area contributed by atoms with Gasteiger partial charge in [-0.25, -0.2) is 9.78 Å². The van der Waals surface area contributed by atoms with E-state index in [2.05, 4.69) is 4.98 Å². The molecule has 1 heterocycles. The maximum Gasteiger partial charge on any atom is 0.333 e. The minimum Gasteiger partial charge on any atom is -0.467 e. The number of ether oxygens (including phenoxy) is 1. The molecule has 1 atom stereocenters. The quantitative estimate of drug-likeness (QED) is 0.863. The van der Waals surface area contributed by atoms with Crippen molar-refractivity contribution in [3.8, 4) is 0 Å². The number of hydrogen-bond donors (Lipinski definition) is 1. The number of aromatic nitrogens is 2. The van der Waals surface area contributed by atoms with Crippen LogP contribution in [0.2, 0.25) is 0 Å². The lowest BCUT2D eigenvalue weighted by Crippen LogP contribution is -2.34. The molecular weight excluding hydrogens is 254 g/mol. The van der Waals surface area contributed by atoms with Gasteiger partial charge in [-0.1, -0.05) is 30.3 Å². The van der Waals surface area contributed by atoms with Crippen LogP contribution in [-0.4, -0.2) is 22.6 Å². The third kappa shape index (κ3) is 2.72. The van der Waals surface area contributed by atoms with Crippen LogP contribution in [0.15, 0.2) is 42.9 Å². The Labute approximate surface area is 118 Å². The van der Waals surface area contributed by atoms with E-state index in [1.54, 1.807) is 17.1 Å². The zero-order valence-electron chi connectivity index (χ0n) is 11.9. The largest absolute Gasteiger partial charge is 0.467 e. The Morgan fingerprint density at radius 2 is 2.00 bits per heavy atom. The van der Waals surface area contributed by atoms with Gasteiger partial charge in [-0.2, -0.15) is 0 Å². The molecule has 0 bridgehead atoms. The van der Waals surface area contributed by atoms with Gasteiger partial charge < -0.3 is 15.0 Å². The molecule has 0 spiro atoms. The zero-order valence-corrected chi connectivity index (χ0v) is 11.9. The van der Waals surface area contributed by atoms with Crippen molar-refractivity contribution < 1.29 is 9.53 Å². The van der Waals surface area contributed by atoms with Gasteiger partial charge >= 0.3 is 5.97 Å². The second-order valence-corrected chi connectivity index (χ2v) is 5.24. The molecule has 1 aromatic carbocycles. The van der Waals surface area contributed by atoms with Gasteiger partial charge in [-0.3, -0.25) is 0 Å². The van der Waals surface area contributed by atoms with Crippen LogP contribution in [0.25, 0.3) is 0 Å². The number of hydrogen-bond acceptors (Lipinski definition) is 4. The average Bonchev–Trinajstić information content (AvgIpc) is 2.89. The molecule has 0 aliphatic carbocycles. The van der Waals surface area contributed by atoms with Gasteiger partial charge in [0.15, 0.2) is 6.04 Å². The minimum atomic E-state index is -0.600. The molecule has 2 aromatic rings. The normalized spacial score (nSPS) is 13.0. The zero-order chi connectivity index (χ0) is 14.8. The highest BCUT2D eigenvalue weighted by molar-refractivity contribution is 5.78. The molecule has 106 valence electrons. The van der Waals surface area contributed by atoms with Crippen molar-refractivity contribution in [3.05, 3.63) is 54.1 Å². The van der Waals surface area contributed by atoms with Gasteiger partial charge in [0.05, 0.1) is 30.9 Å². The average molecular weight is 273 g/mol. The van der Waals surface area contributed by atoms with Gasteiger partial charge in [0.25, 0.3) is 0 Å². The van der Waals surface area contributed by atoms with E-state index in [-0.39, 0.29) is 5.97 Å². The first kappa shape index (κ1) is 14.3. The number of nitrogens with zero attached hydrogens (tertiary/aromatic N) is 2. The second kappa shape index (κ2) is 5.46. The maximum atomic E-state index is 12.2. The van der Waals surface area contributed by atoms with E-state index in [1.165, 1.54) is 7.11 Å². The summed E-state index contributed by atoms with van der Waals surface area (Å²) in [5.41, 5.74) is 7.16. The molecule has 0 aliphatic rings. The van der Waals surface area contributed by atoms with Crippen LogP contribution >= 0.6 is 0 Å². The molecule has 0 amide bonds. The van der Waals surface area contributed by atoms with Crippen LogP contribution in [0.5, 0.6) is 0 Å². The predicted octanol–water partition coefficient (Wildman–Crippen LogP) is 1.84. The fourth-order valence-corrected chi connectivity index (χ4v) is 2.17. The number of nitrogens with two attached hydrogens (primary N) is 1. The summed E-state index contributed by atoms with van der Waals surface area (Å²) in [4.78, 5) is 16.3. The second-order valence-electron chi connectivity index (χ2n) is 5.24. The van der Waals surface area contributed by atoms with Crippen molar-refractivity contribution in [3.63, 3.8) is 0 Å². The van der Waals surface area contributed by atoms with Gasteiger partial charge in [-0.05, 0) is 19.4 Å². The van der Waals surface area contributed by atoms with Crippen LogP contribution < -0.4 is 5.73 Å². The van der Waals surface area contributed by atoms with Crippen LogP contribution in [0.3, 0.4) is 0 Å². The number of methoxy groups -OCH3 is 1. The summed E-state index contributed by atoms with van der Waals surface area (Å²) in [6.07, 6.45) is 3.29. The predicted molar refractivity (Wildman–Crippen MR) is 76.0 cm³/mol. The monoisotopic (exact) mass is 273 g/mol. The first-order valence-corrected chi connectivity index (χ1v) is 6.39. The molecule has 0 aliphatic heterocycles. The van der Waals surface area contributed by atoms with E-state index in [0.29, 0.717) is 0 Å². The van der Waals surface area contributed by atoms with Crippen LogP contribution in [0, 0.1) is 0 Å². The van der Waals surface area contributed by atoms with Crippen molar-refractivity contribution in [2.24, 2.45) is 5.73 Å². The summed E-state index contributed by atoms with van der Waals surface area (Å²) in [6.45, 7) is 3.75. The van der Waals surface area contributed by atoms with E-state index >= 15 is 0 Å². The van der Waals surface area contributed by atoms with Gasteiger partial charge in [0, 0.05) is 0 Å². The molecule has 20 heavy (non-hydrogen) atoms. The first-order chi connectivity index (χ1) is 9.45. The van der Waals surface area contributed by atoms with Gasteiger partial charge in [-0.15, -0.1) is 0 Å². The van der Waals surface area contributed by atoms with Crippen molar-refractivity contribution in [1.82, 2.24) is 9.55 Å². The van der Waals surface area contributed by atoms with E-state index < -0.39 is 11.6 Å². The maximum absolute atomic E-state index is 12.2. The molecule has 2 N–H and O–H groups in total. The van der Waals surface area contributed by atoms with Gasteiger partial charge in [0.1, 0.15) is 0 Å². The Morgan fingerprint density at radius 3 is 2.55 bits per heavy atom. The van der Waals surface area contributed by atoms with E-state index in [1.807, 2.05) is 44.2 Å². The smallest absolute Gasteiger partial charge is 0.333 e. The number of imidazole rings is 1. The van der Waals surface area contributed by atoms with Crippen molar-refractivity contribution >= 4 is 5.97 Å². The Morgan fingerprint density at radius 1 is 1.35 bits per heavy atom. The lowest BCUT2D eigenvalue weighted by Gasteiger charge is -2.25. The fraction of sp³-hybridized carbons (Fsp3) is 0.333. The molecule has 0 saturated heterocycles. The van der Waals surface area contributed by atoms with E-state index in [0.717, 1.165) is 11.3 Å². The SMILES string of the molecule is COC(=O)C(c1ccccc1)n1cncc1C(C)(C)N. The highest BCUT2D eigenvalue weighted by Gasteiger charge is 2.29. The van der Waals surface area contributed by atoms with Crippen LogP contribution in [0.1, 0.15) is 31.1 Å². The topological polar surface area (TPSA) is 70.1 Å². The number of rotatable bonds is 4.